The van der Waals surface area contributed by atoms with Crippen molar-refractivity contribution in [2.45, 2.75) is 83.4 Å². The second-order valence-electron chi connectivity index (χ2n) is 9.83. The first-order valence-corrected chi connectivity index (χ1v) is 12.0. The van der Waals surface area contributed by atoms with Crippen LogP contribution < -0.4 is 4.74 Å². The molecule has 0 radical (unpaired) electrons. The quantitative estimate of drug-likeness (QED) is 0.231. The zero-order chi connectivity index (χ0) is 23.8. The fourth-order valence-electron chi connectivity index (χ4n) is 6.08. The Balaban J connectivity index is 1.53. The molecule has 0 amide bonds. The number of benzene rings is 2. The molecule has 182 valence electrons. The van der Waals surface area contributed by atoms with Crippen LogP contribution in [0.5, 0.6) is 5.75 Å². The summed E-state index contributed by atoms with van der Waals surface area (Å²) in [6.45, 7) is 2.21. The second-order valence-corrected chi connectivity index (χ2v) is 9.83. The molecule has 0 aromatic heterocycles. The van der Waals surface area contributed by atoms with Gasteiger partial charge in [-0.05, 0) is 67.4 Å². The van der Waals surface area contributed by atoms with Crippen molar-refractivity contribution in [3.8, 4) is 5.75 Å². The van der Waals surface area contributed by atoms with E-state index >= 15 is 0 Å². The van der Waals surface area contributed by atoms with Gasteiger partial charge in [-0.1, -0.05) is 51.2 Å². The molecule has 2 fully saturated rings. The highest BCUT2D eigenvalue weighted by atomic mass is 19.4. The molecule has 4 rings (SSSR count). The predicted molar refractivity (Wildman–Crippen MR) is 116 cm³/mol. The fraction of sp³-hybridized carbons (Fsp3) is 0.615. The molecule has 2 aliphatic carbocycles. The number of hydrogen-bond acceptors (Lipinski definition) is 1. The van der Waals surface area contributed by atoms with Crippen LogP contribution in [-0.2, 0) is 0 Å². The van der Waals surface area contributed by atoms with E-state index in [0.29, 0.717) is 11.8 Å². The number of hydrogen-bond donors (Lipinski definition) is 0. The molecular weight excluding hydrogens is 442 g/mol. The van der Waals surface area contributed by atoms with E-state index in [9.17, 15) is 26.3 Å². The van der Waals surface area contributed by atoms with E-state index in [1.54, 1.807) is 6.07 Å². The van der Waals surface area contributed by atoms with Crippen molar-refractivity contribution in [3.63, 3.8) is 0 Å². The molecule has 2 aromatic carbocycles. The topological polar surface area (TPSA) is 9.23 Å². The minimum absolute atomic E-state index is 0.131. The van der Waals surface area contributed by atoms with Crippen LogP contribution in [0.2, 0.25) is 0 Å². The third kappa shape index (κ3) is 5.27. The molecule has 0 spiro atoms. The Bertz CT molecular complexity index is 985. The van der Waals surface area contributed by atoms with Crippen LogP contribution >= 0.6 is 0 Å². The Labute approximate surface area is 190 Å². The van der Waals surface area contributed by atoms with Gasteiger partial charge in [0.25, 0.3) is 0 Å². The second kappa shape index (κ2) is 9.75. The zero-order valence-corrected chi connectivity index (χ0v) is 18.8. The van der Waals surface area contributed by atoms with Gasteiger partial charge < -0.3 is 4.74 Å². The average molecular weight is 473 g/mol. The molecule has 7 heteroatoms. The Kier molecular flexibility index (Phi) is 7.15. The lowest BCUT2D eigenvalue weighted by Gasteiger charge is -2.42. The molecule has 0 heterocycles. The van der Waals surface area contributed by atoms with E-state index in [4.69, 9.17) is 0 Å². The van der Waals surface area contributed by atoms with E-state index in [1.165, 1.54) is 57.1 Å². The zero-order valence-electron chi connectivity index (χ0n) is 18.8. The van der Waals surface area contributed by atoms with Gasteiger partial charge in [0.1, 0.15) is 0 Å². The van der Waals surface area contributed by atoms with Crippen LogP contribution in [0, 0.1) is 35.2 Å². The van der Waals surface area contributed by atoms with Crippen molar-refractivity contribution in [2.75, 3.05) is 0 Å². The van der Waals surface area contributed by atoms with Gasteiger partial charge in [0.2, 0.25) is 5.82 Å². The van der Waals surface area contributed by atoms with Crippen LogP contribution in [0.4, 0.5) is 26.3 Å². The van der Waals surface area contributed by atoms with Crippen LogP contribution in [-0.4, -0.2) is 6.36 Å². The maximum absolute atomic E-state index is 14.5. The van der Waals surface area contributed by atoms with Crippen LogP contribution in [0.15, 0.2) is 18.2 Å². The van der Waals surface area contributed by atoms with Gasteiger partial charge in [0, 0.05) is 10.8 Å². The highest BCUT2D eigenvalue weighted by Gasteiger charge is 2.37. The summed E-state index contributed by atoms with van der Waals surface area (Å²) >= 11 is 0. The van der Waals surface area contributed by atoms with Crippen LogP contribution in [0.25, 0.3) is 10.8 Å². The lowest BCUT2D eigenvalue weighted by molar-refractivity contribution is -0.275. The van der Waals surface area contributed by atoms with Crippen molar-refractivity contribution in [1.29, 1.82) is 0 Å². The summed E-state index contributed by atoms with van der Waals surface area (Å²) in [4.78, 5) is 0. The summed E-state index contributed by atoms with van der Waals surface area (Å²) in [5, 5.41) is -0.804. The van der Waals surface area contributed by atoms with Crippen molar-refractivity contribution in [2.24, 2.45) is 17.8 Å². The monoisotopic (exact) mass is 472 g/mol. The fourth-order valence-corrected chi connectivity index (χ4v) is 6.08. The number of halogens is 6. The molecule has 2 aliphatic rings. The van der Waals surface area contributed by atoms with E-state index in [1.807, 2.05) is 0 Å². The van der Waals surface area contributed by atoms with Crippen LogP contribution in [0.3, 0.4) is 0 Å². The van der Waals surface area contributed by atoms with Crippen molar-refractivity contribution in [3.05, 3.63) is 41.2 Å². The van der Waals surface area contributed by atoms with Gasteiger partial charge >= 0.3 is 6.36 Å². The first-order chi connectivity index (χ1) is 15.7. The number of ether oxygens (including phenoxy) is 1. The highest BCUT2D eigenvalue weighted by molar-refractivity contribution is 5.90. The number of fused-ring (bicyclic) bond motifs is 2. The summed E-state index contributed by atoms with van der Waals surface area (Å²) < 4.78 is 84.5. The number of rotatable bonds is 6. The molecule has 33 heavy (non-hydrogen) atoms. The number of alkyl halides is 3. The molecule has 0 saturated heterocycles. The normalized spacial score (nSPS) is 25.8. The maximum atomic E-state index is 14.5. The first kappa shape index (κ1) is 24.2. The predicted octanol–water partition coefficient (Wildman–Crippen LogP) is 9.04. The molecule has 2 saturated carbocycles. The molecule has 2 aromatic rings. The smallest absolute Gasteiger partial charge is 0.402 e. The Morgan fingerprint density at radius 3 is 2.30 bits per heavy atom. The van der Waals surface area contributed by atoms with Gasteiger partial charge in [0.05, 0.1) is 0 Å². The molecule has 4 unspecified atom stereocenters. The van der Waals surface area contributed by atoms with Crippen molar-refractivity contribution in [1.82, 2.24) is 0 Å². The van der Waals surface area contributed by atoms with Gasteiger partial charge in [-0.2, -0.15) is 4.39 Å². The lowest BCUT2D eigenvalue weighted by Crippen LogP contribution is -2.30. The molecule has 0 aliphatic heterocycles. The van der Waals surface area contributed by atoms with Gasteiger partial charge in [-0.15, -0.1) is 13.2 Å². The lowest BCUT2D eigenvalue weighted by atomic mass is 9.63. The first-order valence-electron chi connectivity index (χ1n) is 12.0. The van der Waals surface area contributed by atoms with E-state index in [-0.39, 0.29) is 11.3 Å². The van der Waals surface area contributed by atoms with Gasteiger partial charge in [-0.3, -0.25) is 0 Å². The number of unbranched alkanes of at least 4 members (excludes halogenated alkanes) is 2. The summed E-state index contributed by atoms with van der Waals surface area (Å²) in [6, 6.07) is 4.19. The summed E-state index contributed by atoms with van der Waals surface area (Å²) in [5.74, 6) is -4.53. The van der Waals surface area contributed by atoms with Gasteiger partial charge in [-0.25, -0.2) is 8.78 Å². The van der Waals surface area contributed by atoms with E-state index in [2.05, 4.69) is 11.7 Å². The molecule has 0 bridgehead atoms. The molecule has 0 N–H and O–H groups in total. The summed E-state index contributed by atoms with van der Waals surface area (Å²) in [5.41, 5.74) is 0.758. The minimum Gasteiger partial charge on any atom is -0.402 e. The Morgan fingerprint density at radius 1 is 0.848 bits per heavy atom. The molecular formula is C26H30F6O. The Hall–Kier alpha value is -1.92. The summed E-state index contributed by atoms with van der Waals surface area (Å²) in [7, 11) is 0. The summed E-state index contributed by atoms with van der Waals surface area (Å²) in [6.07, 6.45) is 6.46. The van der Waals surface area contributed by atoms with Crippen molar-refractivity contribution < 1.29 is 31.1 Å². The average Bonchev–Trinajstić information content (AvgIpc) is 2.79. The van der Waals surface area contributed by atoms with E-state index < -0.39 is 34.9 Å². The SMILES string of the molecule is CCCCCC1CCC2CC(c3ccc4c(OC(F)(F)F)c(F)c(F)c(F)c4c3)CCC2C1. The minimum atomic E-state index is -5.22. The largest absolute Gasteiger partial charge is 0.573 e. The third-order valence-electron chi connectivity index (χ3n) is 7.74. The van der Waals surface area contributed by atoms with Gasteiger partial charge in [0.15, 0.2) is 17.4 Å². The standard InChI is InChI=1S/C26H30F6O/c1-2-3-4-5-15-6-7-17-13-18(9-8-16(17)12-15)19-10-11-20-21(14-19)22(27)23(28)24(29)25(20)33-26(30,31)32/h10-11,14-18H,2-9,12-13H2,1H3. The van der Waals surface area contributed by atoms with Crippen molar-refractivity contribution >= 4 is 10.8 Å². The highest BCUT2D eigenvalue weighted by Crippen LogP contribution is 2.49. The van der Waals surface area contributed by atoms with E-state index in [0.717, 1.165) is 30.7 Å². The molecule has 1 nitrogen and oxygen atoms in total. The molecule has 4 atom stereocenters. The maximum Gasteiger partial charge on any atom is 0.573 e. The Morgan fingerprint density at radius 2 is 1.58 bits per heavy atom. The van der Waals surface area contributed by atoms with Crippen LogP contribution in [0.1, 0.15) is 82.6 Å². The third-order valence-corrected chi connectivity index (χ3v) is 7.74.